The van der Waals surface area contributed by atoms with Gasteiger partial charge in [0.2, 0.25) is 5.91 Å². The molecule has 0 spiro atoms. The molecule has 2 rings (SSSR count). The van der Waals surface area contributed by atoms with E-state index in [1.54, 1.807) is 45.6 Å². The van der Waals surface area contributed by atoms with E-state index in [0.717, 1.165) is 11.1 Å². The van der Waals surface area contributed by atoms with E-state index in [0.29, 0.717) is 35.3 Å². The molecule has 0 aliphatic heterocycles. The first-order chi connectivity index (χ1) is 12.6. The van der Waals surface area contributed by atoms with Crippen molar-refractivity contribution in [3.8, 4) is 17.2 Å². The highest BCUT2D eigenvalue weighted by Gasteiger charge is 2.12. The number of rotatable bonds is 9. The fourth-order valence-electron chi connectivity index (χ4n) is 2.32. The van der Waals surface area contributed by atoms with Crippen LogP contribution in [0.5, 0.6) is 17.2 Å². The van der Waals surface area contributed by atoms with E-state index in [1.807, 2.05) is 0 Å². The second-order valence-electron chi connectivity index (χ2n) is 5.42. The van der Waals surface area contributed by atoms with Crippen molar-refractivity contribution < 1.29 is 23.4 Å². The van der Waals surface area contributed by atoms with Crippen LogP contribution in [0.4, 0.5) is 4.39 Å². The van der Waals surface area contributed by atoms with Gasteiger partial charge < -0.3 is 19.5 Å². The average Bonchev–Trinajstić information content (AvgIpc) is 2.67. The molecule has 5 nitrogen and oxygen atoms in total. The van der Waals surface area contributed by atoms with Crippen molar-refractivity contribution in [2.24, 2.45) is 0 Å². The van der Waals surface area contributed by atoms with Crippen LogP contribution in [0.15, 0.2) is 36.4 Å². The third-order valence-electron chi connectivity index (χ3n) is 3.68. The largest absolute Gasteiger partial charge is 0.496 e. The lowest BCUT2D eigenvalue weighted by atomic mass is 10.1. The van der Waals surface area contributed by atoms with Crippen molar-refractivity contribution in [2.45, 2.75) is 12.3 Å². The fraction of sp³-hybridized carbons (Fsp3) is 0.316. The van der Waals surface area contributed by atoms with Crippen LogP contribution in [-0.4, -0.2) is 33.0 Å². The number of thioether (sulfide) groups is 1. The smallest absolute Gasteiger partial charge is 0.230 e. The van der Waals surface area contributed by atoms with Gasteiger partial charge in [-0.25, -0.2) is 4.39 Å². The molecular formula is C19H22FNO4S. The van der Waals surface area contributed by atoms with E-state index in [1.165, 1.54) is 23.9 Å². The number of carbonyl (C=O) groups is 1. The van der Waals surface area contributed by atoms with E-state index in [2.05, 4.69) is 5.32 Å². The van der Waals surface area contributed by atoms with E-state index >= 15 is 0 Å². The van der Waals surface area contributed by atoms with Gasteiger partial charge in [0.25, 0.3) is 0 Å². The normalized spacial score (nSPS) is 10.3. The highest BCUT2D eigenvalue weighted by atomic mass is 32.2. The molecule has 0 saturated carbocycles. The van der Waals surface area contributed by atoms with Gasteiger partial charge in [0, 0.05) is 23.9 Å². The summed E-state index contributed by atoms with van der Waals surface area (Å²) in [6, 6.07) is 9.77. The molecule has 1 amide bonds. The van der Waals surface area contributed by atoms with Crippen LogP contribution in [0, 0.1) is 5.82 Å². The summed E-state index contributed by atoms with van der Waals surface area (Å²) in [7, 11) is 4.67. The van der Waals surface area contributed by atoms with Crippen LogP contribution in [0.2, 0.25) is 0 Å². The molecule has 2 aromatic rings. The Labute approximate surface area is 156 Å². The molecular weight excluding hydrogens is 357 g/mol. The molecule has 0 heterocycles. The molecule has 0 atom stereocenters. The number of methoxy groups -OCH3 is 3. The Morgan fingerprint density at radius 2 is 1.62 bits per heavy atom. The van der Waals surface area contributed by atoms with Crippen LogP contribution in [0.25, 0.3) is 0 Å². The summed E-state index contributed by atoms with van der Waals surface area (Å²) in [6.07, 6.45) is 0. The summed E-state index contributed by atoms with van der Waals surface area (Å²) in [4.78, 5) is 12.0. The number of halogens is 1. The lowest BCUT2D eigenvalue weighted by Gasteiger charge is -2.14. The first kappa shape index (κ1) is 19.9. The molecule has 140 valence electrons. The third-order valence-corrected chi connectivity index (χ3v) is 4.68. The Bertz CT molecular complexity index is 737. The zero-order valence-corrected chi connectivity index (χ0v) is 15.8. The van der Waals surface area contributed by atoms with Crippen molar-refractivity contribution >= 4 is 17.7 Å². The summed E-state index contributed by atoms with van der Waals surface area (Å²) in [5, 5.41) is 2.86. The molecule has 1 N–H and O–H groups in total. The average molecular weight is 379 g/mol. The van der Waals surface area contributed by atoms with Gasteiger partial charge in [-0.3, -0.25) is 4.79 Å². The number of nitrogens with one attached hydrogen (secondary N) is 1. The summed E-state index contributed by atoms with van der Waals surface area (Å²) >= 11 is 1.47. The molecule has 0 aliphatic rings. The van der Waals surface area contributed by atoms with Crippen molar-refractivity contribution in [3.05, 3.63) is 53.3 Å². The van der Waals surface area contributed by atoms with Gasteiger partial charge in [0.15, 0.2) is 11.5 Å². The number of hydrogen-bond acceptors (Lipinski definition) is 5. The minimum atomic E-state index is -0.264. The van der Waals surface area contributed by atoms with E-state index in [-0.39, 0.29) is 11.7 Å². The van der Waals surface area contributed by atoms with E-state index < -0.39 is 0 Å². The van der Waals surface area contributed by atoms with Crippen LogP contribution < -0.4 is 19.5 Å². The molecule has 0 saturated heterocycles. The molecule has 0 unspecified atom stereocenters. The van der Waals surface area contributed by atoms with Gasteiger partial charge in [-0.15, -0.1) is 11.8 Å². The zero-order chi connectivity index (χ0) is 18.9. The van der Waals surface area contributed by atoms with Gasteiger partial charge in [-0.1, -0.05) is 12.1 Å². The number of carbonyl (C=O) groups excluding carboxylic acids is 1. The molecule has 0 bridgehead atoms. The lowest BCUT2D eigenvalue weighted by molar-refractivity contribution is -0.118. The van der Waals surface area contributed by atoms with Gasteiger partial charge >= 0.3 is 0 Å². The lowest BCUT2D eigenvalue weighted by Crippen LogP contribution is -2.25. The number of hydrogen-bond donors (Lipinski definition) is 1. The summed E-state index contributed by atoms with van der Waals surface area (Å²) in [5.41, 5.74) is 1.77. The maximum Gasteiger partial charge on any atom is 0.230 e. The summed E-state index contributed by atoms with van der Waals surface area (Å²) in [5.74, 6) is 2.36. The number of ether oxygens (including phenoxy) is 3. The predicted molar refractivity (Wildman–Crippen MR) is 101 cm³/mol. The topological polar surface area (TPSA) is 56.8 Å². The number of amides is 1. The van der Waals surface area contributed by atoms with Gasteiger partial charge in [-0.2, -0.15) is 0 Å². The Hall–Kier alpha value is -2.41. The van der Waals surface area contributed by atoms with E-state index in [9.17, 15) is 9.18 Å². The molecule has 7 heteroatoms. The Kier molecular flexibility index (Phi) is 7.59. The Morgan fingerprint density at radius 1 is 1.00 bits per heavy atom. The third kappa shape index (κ3) is 5.56. The maximum absolute atomic E-state index is 12.9. The SMILES string of the molecule is COc1cc(OC)c(OC)cc1CNC(=O)CSCc1ccc(F)cc1. The maximum atomic E-state index is 12.9. The first-order valence-corrected chi connectivity index (χ1v) is 9.10. The van der Waals surface area contributed by atoms with Crippen LogP contribution in [-0.2, 0) is 17.1 Å². The minimum Gasteiger partial charge on any atom is -0.496 e. The molecule has 2 aromatic carbocycles. The summed E-state index contributed by atoms with van der Waals surface area (Å²) in [6.45, 7) is 0.319. The first-order valence-electron chi connectivity index (χ1n) is 7.95. The second kappa shape index (κ2) is 9.91. The molecule has 26 heavy (non-hydrogen) atoms. The molecule has 0 fully saturated rings. The predicted octanol–water partition coefficient (Wildman–Crippen LogP) is 3.40. The standard InChI is InChI=1S/C19H22FNO4S/c1-23-16-9-18(25-3)17(24-2)8-14(16)10-21-19(22)12-26-11-13-4-6-15(20)7-5-13/h4-9H,10-12H2,1-3H3,(H,21,22). The van der Waals surface area contributed by atoms with Crippen molar-refractivity contribution in [3.63, 3.8) is 0 Å². The van der Waals surface area contributed by atoms with E-state index in [4.69, 9.17) is 14.2 Å². The Morgan fingerprint density at radius 3 is 2.23 bits per heavy atom. The second-order valence-corrected chi connectivity index (χ2v) is 6.40. The number of benzene rings is 2. The van der Waals surface area contributed by atoms with Crippen molar-refractivity contribution in [2.75, 3.05) is 27.1 Å². The van der Waals surface area contributed by atoms with Gasteiger partial charge in [-0.05, 0) is 23.8 Å². The Balaban J connectivity index is 1.87. The van der Waals surface area contributed by atoms with Crippen molar-refractivity contribution in [1.82, 2.24) is 5.32 Å². The van der Waals surface area contributed by atoms with Crippen molar-refractivity contribution in [1.29, 1.82) is 0 Å². The molecule has 0 aliphatic carbocycles. The quantitative estimate of drug-likeness (QED) is 0.724. The van der Waals surface area contributed by atoms with Gasteiger partial charge in [0.05, 0.1) is 27.1 Å². The van der Waals surface area contributed by atoms with Crippen LogP contribution >= 0.6 is 11.8 Å². The fourth-order valence-corrected chi connectivity index (χ4v) is 3.14. The highest BCUT2D eigenvalue weighted by Crippen LogP contribution is 2.34. The van der Waals surface area contributed by atoms with Crippen LogP contribution in [0.3, 0.4) is 0 Å². The monoisotopic (exact) mass is 379 g/mol. The van der Waals surface area contributed by atoms with Crippen LogP contribution in [0.1, 0.15) is 11.1 Å². The summed E-state index contributed by atoms with van der Waals surface area (Å²) < 4.78 is 28.7. The molecule has 0 aromatic heterocycles. The van der Waals surface area contributed by atoms with Gasteiger partial charge in [0.1, 0.15) is 11.6 Å². The molecule has 0 radical (unpaired) electrons. The minimum absolute atomic E-state index is 0.0889. The highest BCUT2D eigenvalue weighted by molar-refractivity contribution is 7.99. The zero-order valence-electron chi connectivity index (χ0n) is 15.0.